The van der Waals surface area contributed by atoms with Crippen molar-refractivity contribution in [3.05, 3.63) is 28.8 Å². The molecular formula is C13H15NO3. The molecule has 0 spiro atoms. The molecule has 0 aliphatic heterocycles. The molecule has 2 N–H and O–H groups in total. The number of carboxylic acids is 1. The van der Waals surface area contributed by atoms with Gasteiger partial charge in [-0.1, -0.05) is 0 Å². The summed E-state index contributed by atoms with van der Waals surface area (Å²) in [6.45, 7) is 1.38. The number of anilines is 1. The predicted molar refractivity (Wildman–Crippen MR) is 64.3 cm³/mol. The molecule has 1 amide bonds. The van der Waals surface area contributed by atoms with E-state index in [2.05, 4.69) is 5.32 Å². The van der Waals surface area contributed by atoms with Crippen molar-refractivity contribution < 1.29 is 14.7 Å². The molecule has 1 aromatic carbocycles. The molecule has 1 aliphatic rings. The van der Waals surface area contributed by atoms with Gasteiger partial charge in [-0.25, -0.2) is 4.79 Å². The van der Waals surface area contributed by atoms with Gasteiger partial charge in [-0.05, 0) is 48.9 Å². The van der Waals surface area contributed by atoms with Crippen LogP contribution >= 0.6 is 0 Å². The van der Waals surface area contributed by atoms with E-state index in [1.807, 2.05) is 0 Å². The summed E-state index contributed by atoms with van der Waals surface area (Å²) in [6, 6.07) is 3.50. The Balaban J connectivity index is 2.47. The minimum atomic E-state index is -0.998. The smallest absolute Gasteiger partial charge is 0.337 e. The maximum absolute atomic E-state index is 11.1. The lowest BCUT2D eigenvalue weighted by Crippen LogP contribution is -2.13. The second kappa shape index (κ2) is 4.57. The lowest BCUT2D eigenvalue weighted by Gasteiger charge is -2.18. The van der Waals surface area contributed by atoms with Crippen LogP contribution in [0.5, 0.6) is 0 Å². The molecule has 4 heteroatoms. The van der Waals surface area contributed by atoms with Crippen LogP contribution in [0.3, 0.4) is 0 Å². The second-order valence-corrected chi connectivity index (χ2v) is 4.36. The van der Waals surface area contributed by atoms with E-state index < -0.39 is 5.97 Å². The van der Waals surface area contributed by atoms with E-state index in [9.17, 15) is 9.59 Å². The normalized spacial score (nSPS) is 13.9. The first-order valence-corrected chi connectivity index (χ1v) is 5.74. The highest BCUT2D eigenvalue weighted by Crippen LogP contribution is 2.27. The number of hydrogen-bond acceptors (Lipinski definition) is 2. The van der Waals surface area contributed by atoms with Crippen LogP contribution in [0.25, 0.3) is 0 Å². The maximum Gasteiger partial charge on any atom is 0.337 e. The van der Waals surface area contributed by atoms with Crippen LogP contribution in [-0.2, 0) is 17.6 Å². The average molecular weight is 233 g/mol. The first kappa shape index (κ1) is 11.6. The van der Waals surface area contributed by atoms with Gasteiger partial charge >= 0.3 is 5.97 Å². The van der Waals surface area contributed by atoms with Gasteiger partial charge < -0.3 is 10.4 Å². The highest BCUT2D eigenvalue weighted by Gasteiger charge is 2.17. The average Bonchev–Trinajstić information content (AvgIpc) is 2.27. The van der Waals surface area contributed by atoms with Crippen molar-refractivity contribution in [2.24, 2.45) is 0 Å². The lowest BCUT2D eigenvalue weighted by molar-refractivity contribution is -0.114. The first-order valence-electron chi connectivity index (χ1n) is 5.74. The molecule has 0 aromatic heterocycles. The predicted octanol–water partition coefficient (Wildman–Crippen LogP) is 2.22. The molecule has 2 rings (SSSR count). The number of aromatic carboxylic acids is 1. The van der Waals surface area contributed by atoms with Crippen molar-refractivity contribution in [2.45, 2.75) is 32.6 Å². The Hall–Kier alpha value is -1.84. The fraction of sp³-hybridized carbons (Fsp3) is 0.385. The van der Waals surface area contributed by atoms with Crippen molar-refractivity contribution in [1.29, 1.82) is 0 Å². The molecule has 0 bridgehead atoms. The van der Waals surface area contributed by atoms with E-state index in [1.54, 1.807) is 12.1 Å². The van der Waals surface area contributed by atoms with E-state index in [0.717, 1.165) is 36.8 Å². The summed E-state index contributed by atoms with van der Waals surface area (Å²) >= 11 is 0. The van der Waals surface area contributed by atoms with Crippen LogP contribution in [-0.4, -0.2) is 17.0 Å². The van der Waals surface area contributed by atoms with Crippen LogP contribution in [0.2, 0.25) is 0 Å². The number of nitrogens with one attached hydrogen (secondary N) is 1. The number of carbonyl (C=O) groups is 2. The van der Waals surface area contributed by atoms with E-state index in [1.165, 1.54) is 6.92 Å². The second-order valence-electron chi connectivity index (χ2n) is 4.36. The standard InChI is InChI=1S/C13H15NO3/c1-8(15)14-12-7-10-5-3-2-4-9(10)6-11(12)13(16)17/h6-7H,2-5H2,1H3,(H,14,15)(H,16,17). The molecule has 1 aliphatic carbocycles. The van der Waals surface area contributed by atoms with Gasteiger partial charge in [0.15, 0.2) is 0 Å². The van der Waals surface area contributed by atoms with E-state index in [4.69, 9.17) is 5.11 Å². The Labute approximate surface area is 99.6 Å². The molecular weight excluding hydrogens is 218 g/mol. The van der Waals surface area contributed by atoms with Gasteiger partial charge in [0.05, 0.1) is 11.3 Å². The zero-order valence-corrected chi connectivity index (χ0v) is 9.75. The summed E-state index contributed by atoms with van der Waals surface area (Å²) in [5.74, 6) is -1.25. The Morgan fingerprint density at radius 2 is 1.76 bits per heavy atom. The quantitative estimate of drug-likeness (QED) is 0.823. The molecule has 4 nitrogen and oxygen atoms in total. The van der Waals surface area contributed by atoms with Crippen molar-refractivity contribution in [3.63, 3.8) is 0 Å². The van der Waals surface area contributed by atoms with Crippen molar-refractivity contribution >= 4 is 17.6 Å². The first-order chi connectivity index (χ1) is 8.08. The fourth-order valence-electron chi connectivity index (χ4n) is 2.26. The Bertz CT molecular complexity index is 480. The van der Waals surface area contributed by atoms with Crippen LogP contribution < -0.4 is 5.32 Å². The summed E-state index contributed by atoms with van der Waals surface area (Å²) in [5, 5.41) is 11.7. The van der Waals surface area contributed by atoms with Gasteiger partial charge in [0.2, 0.25) is 5.91 Å². The van der Waals surface area contributed by atoms with Crippen LogP contribution in [0.1, 0.15) is 41.3 Å². The molecule has 0 radical (unpaired) electrons. The number of carbonyl (C=O) groups excluding carboxylic acids is 1. The topological polar surface area (TPSA) is 66.4 Å². The van der Waals surface area contributed by atoms with Crippen molar-refractivity contribution in [2.75, 3.05) is 5.32 Å². The monoisotopic (exact) mass is 233 g/mol. The molecule has 0 saturated heterocycles. The third-order valence-electron chi connectivity index (χ3n) is 3.02. The zero-order chi connectivity index (χ0) is 12.4. The minimum Gasteiger partial charge on any atom is -0.478 e. The molecule has 0 fully saturated rings. The molecule has 0 atom stereocenters. The fourth-order valence-corrected chi connectivity index (χ4v) is 2.26. The third kappa shape index (κ3) is 2.46. The molecule has 0 heterocycles. The Kier molecular flexibility index (Phi) is 3.13. The summed E-state index contributed by atoms with van der Waals surface area (Å²) in [7, 11) is 0. The SMILES string of the molecule is CC(=O)Nc1cc2c(cc1C(=O)O)CCCC2. The maximum atomic E-state index is 11.1. The highest BCUT2D eigenvalue weighted by atomic mass is 16.4. The molecule has 1 aromatic rings. The number of amides is 1. The number of rotatable bonds is 2. The third-order valence-corrected chi connectivity index (χ3v) is 3.02. The largest absolute Gasteiger partial charge is 0.478 e. The number of carboxylic acid groups (broad SMARTS) is 1. The Morgan fingerprint density at radius 3 is 2.29 bits per heavy atom. The molecule has 0 saturated carbocycles. The van der Waals surface area contributed by atoms with Gasteiger partial charge in [-0.2, -0.15) is 0 Å². The Morgan fingerprint density at radius 1 is 1.18 bits per heavy atom. The number of hydrogen-bond donors (Lipinski definition) is 2. The van der Waals surface area contributed by atoms with Gasteiger partial charge in [0.1, 0.15) is 0 Å². The minimum absolute atomic E-state index is 0.181. The van der Waals surface area contributed by atoms with Crippen molar-refractivity contribution in [1.82, 2.24) is 0 Å². The summed E-state index contributed by atoms with van der Waals surface area (Å²) < 4.78 is 0. The number of fused-ring (bicyclic) bond motifs is 1. The number of aryl methyl sites for hydroxylation is 2. The van der Waals surface area contributed by atoms with Crippen LogP contribution in [0.15, 0.2) is 12.1 Å². The van der Waals surface area contributed by atoms with E-state index in [0.29, 0.717) is 5.69 Å². The summed E-state index contributed by atoms with van der Waals surface area (Å²) in [6.07, 6.45) is 4.11. The summed E-state index contributed by atoms with van der Waals surface area (Å²) in [5.41, 5.74) is 2.85. The highest BCUT2D eigenvalue weighted by molar-refractivity contribution is 6.00. The molecule has 17 heavy (non-hydrogen) atoms. The van der Waals surface area contributed by atoms with E-state index in [-0.39, 0.29) is 11.5 Å². The van der Waals surface area contributed by atoms with Crippen molar-refractivity contribution in [3.8, 4) is 0 Å². The number of benzene rings is 1. The summed E-state index contributed by atoms with van der Waals surface area (Å²) in [4.78, 5) is 22.2. The van der Waals surface area contributed by atoms with Crippen LogP contribution in [0, 0.1) is 0 Å². The molecule has 90 valence electrons. The lowest BCUT2D eigenvalue weighted by atomic mass is 9.89. The molecule has 0 unspecified atom stereocenters. The van der Waals surface area contributed by atoms with E-state index >= 15 is 0 Å². The van der Waals surface area contributed by atoms with Gasteiger partial charge in [-0.3, -0.25) is 4.79 Å². The van der Waals surface area contributed by atoms with Gasteiger partial charge in [0, 0.05) is 6.92 Å². The van der Waals surface area contributed by atoms with Gasteiger partial charge in [0.25, 0.3) is 0 Å². The van der Waals surface area contributed by atoms with Crippen LogP contribution in [0.4, 0.5) is 5.69 Å². The van der Waals surface area contributed by atoms with Gasteiger partial charge in [-0.15, -0.1) is 0 Å². The zero-order valence-electron chi connectivity index (χ0n) is 9.75.